The van der Waals surface area contributed by atoms with E-state index in [9.17, 15) is 13.2 Å². The molecule has 0 radical (unpaired) electrons. The molecule has 0 N–H and O–H groups in total. The van der Waals surface area contributed by atoms with Crippen LogP contribution in [0.25, 0.3) is 10.8 Å². The maximum Gasteiger partial charge on any atom is 0.435 e. The fourth-order valence-electron chi connectivity index (χ4n) is 3.27. The lowest BCUT2D eigenvalue weighted by Crippen LogP contribution is -2.42. The molecule has 0 bridgehead atoms. The molecule has 1 aliphatic heterocycles. The predicted molar refractivity (Wildman–Crippen MR) is 98.1 cm³/mol. The average Bonchev–Trinajstić information content (AvgIpc) is 3.10. The van der Waals surface area contributed by atoms with Crippen LogP contribution in [0.3, 0.4) is 0 Å². The summed E-state index contributed by atoms with van der Waals surface area (Å²) in [7, 11) is 0. The third-order valence-corrected chi connectivity index (χ3v) is 5.30. The molecule has 3 aromatic carbocycles. The summed E-state index contributed by atoms with van der Waals surface area (Å²) in [5.41, 5.74) is -1.48. The normalized spacial score (nSPS) is 20.1. The second-order valence-electron chi connectivity index (χ2n) is 6.14. The molecular formula is C20H13BrF3NO. The number of fused-ring (bicyclic) bond motifs is 1. The zero-order valence-electron chi connectivity index (χ0n) is 13.4. The summed E-state index contributed by atoms with van der Waals surface area (Å²) in [5, 5.41) is 5.61. The number of hydrogen-bond donors (Lipinski definition) is 0. The molecule has 0 saturated carbocycles. The number of hydrogen-bond acceptors (Lipinski definition) is 2. The standard InChI is InChI=1S/C20H13BrF3NO/c21-17-11-10-16(14-8-4-5-9-15(14)17)18-12-19(26-25-18,20(22,23)24)13-6-2-1-3-7-13/h1-11H,12H2. The fraction of sp³-hybridized carbons (Fsp3) is 0.150. The van der Waals surface area contributed by atoms with Crippen molar-refractivity contribution >= 4 is 32.4 Å². The van der Waals surface area contributed by atoms with Gasteiger partial charge < -0.3 is 4.84 Å². The number of benzene rings is 3. The summed E-state index contributed by atoms with van der Waals surface area (Å²) in [6.45, 7) is 0. The molecule has 0 fully saturated rings. The molecular weight excluding hydrogens is 407 g/mol. The van der Waals surface area contributed by atoms with Crippen molar-refractivity contribution in [3.05, 3.63) is 82.3 Å². The van der Waals surface area contributed by atoms with Crippen LogP contribution >= 0.6 is 15.9 Å². The molecule has 0 aliphatic carbocycles. The van der Waals surface area contributed by atoms with Crippen molar-refractivity contribution in [1.29, 1.82) is 0 Å². The Bertz CT molecular complexity index is 1000. The average molecular weight is 420 g/mol. The predicted octanol–water partition coefficient (Wildman–Crippen LogP) is 6.18. The van der Waals surface area contributed by atoms with E-state index in [1.807, 2.05) is 30.3 Å². The van der Waals surface area contributed by atoms with E-state index < -0.39 is 11.8 Å². The third-order valence-electron chi connectivity index (χ3n) is 4.61. The van der Waals surface area contributed by atoms with Gasteiger partial charge in [-0.15, -0.1) is 0 Å². The second kappa shape index (κ2) is 6.13. The van der Waals surface area contributed by atoms with Gasteiger partial charge in [-0.3, -0.25) is 0 Å². The SMILES string of the molecule is FC(F)(F)C1(c2ccccc2)CC(c2ccc(Br)c3ccccc23)=NO1. The Labute approximate surface area is 156 Å². The van der Waals surface area contributed by atoms with Crippen molar-refractivity contribution in [3.8, 4) is 0 Å². The molecule has 4 rings (SSSR count). The molecule has 1 unspecified atom stereocenters. The minimum Gasteiger partial charge on any atom is -0.374 e. The van der Waals surface area contributed by atoms with Gasteiger partial charge in [0.15, 0.2) is 0 Å². The Morgan fingerprint density at radius 2 is 1.54 bits per heavy atom. The third kappa shape index (κ3) is 2.60. The van der Waals surface area contributed by atoms with Crippen LogP contribution in [0.5, 0.6) is 0 Å². The lowest BCUT2D eigenvalue weighted by molar-refractivity contribution is -0.275. The van der Waals surface area contributed by atoms with E-state index in [1.54, 1.807) is 24.3 Å². The second-order valence-corrected chi connectivity index (χ2v) is 6.99. The highest BCUT2D eigenvalue weighted by Gasteiger charge is 2.62. The first-order valence-corrected chi connectivity index (χ1v) is 8.77. The van der Waals surface area contributed by atoms with Gasteiger partial charge >= 0.3 is 6.18 Å². The van der Waals surface area contributed by atoms with Crippen LogP contribution in [0.15, 0.2) is 76.4 Å². The van der Waals surface area contributed by atoms with E-state index in [-0.39, 0.29) is 17.7 Å². The molecule has 1 aliphatic rings. The summed E-state index contributed by atoms with van der Waals surface area (Å²) < 4.78 is 42.8. The van der Waals surface area contributed by atoms with Crippen molar-refractivity contribution in [1.82, 2.24) is 0 Å². The van der Waals surface area contributed by atoms with E-state index in [0.29, 0.717) is 5.56 Å². The van der Waals surface area contributed by atoms with Crippen molar-refractivity contribution < 1.29 is 18.0 Å². The van der Waals surface area contributed by atoms with Crippen molar-refractivity contribution in [2.24, 2.45) is 5.16 Å². The first-order chi connectivity index (χ1) is 12.4. The summed E-state index contributed by atoms with van der Waals surface area (Å²) in [4.78, 5) is 5.09. The Balaban J connectivity index is 1.82. The van der Waals surface area contributed by atoms with Gasteiger partial charge in [0.25, 0.3) is 5.60 Å². The van der Waals surface area contributed by atoms with Crippen molar-refractivity contribution in [3.63, 3.8) is 0 Å². The minimum atomic E-state index is -4.59. The quantitative estimate of drug-likeness (QED) is 0.485. The van der Waals surface area contributed by atoms with Crippen molar-refractivity contribution in [2.45, 2.75) is 18.2 Å². The van der Waals surface area contributed by atoms with Crippen molar-refractivity contribution in [2.75, 3.05) is 0 Å². The molecule has 0 spiro atoms. The van der Waals surface area contributed by atoms with Gasteiger partial charge in [-0.1, -0.05) is 81.7 Å². The first kappa shape index (κ1) is 17.1. The maximum atomic E-state index is 14.0. The Hall–Kier alpha value is -2.34. The first-order valence-electron chi connectivity index (χ1n) is 7.97. The Morgan fingerprint density at radius 3 is 2.23 bits per heavy atom. The van der Waals surface area contributed by atoms with Gasteiger partial charge in [0.05, 0.1) is 5.71 Å². The fourth-order valence-corrected chi connectivity index (χ4v) is 3.75. The zero-order valence-corrected chi connectivity index (χ0v) is 15.0. The minimum absolute atomic E-state index is 0.0488. The largest absolute Gasteiger partial charge is 0.435 e. The summed E-state index contributed by atoms with van der Waals surface area (Å²) in [6.07, 6.45) is -4.96. The Morgan fingerprint density at radius 1 is 0.885 bits per heavy atom. The lowest BCUT2D eigenvalue weighted by Gasteiger charge is -2.29. The van der Waals surface area contributed by atoms with Gasteiger partial charge in [-0.25, -0.2) is 0 Å². The molecule has 132 valence electrons. The van der Waals surface area contributed by atoms with Crippen LogP contribution in [0, 0.1) is 0 Å². The smallest absolute Gasteiger partial charge is 0.374 e. The summed E-state index contributed by atoms with van der Waals surface area (Å²) in [6, 6.07) is 18.8. The summed E-state index contributed by atoms with van der Waals surface area (Å²) in [5.74, 6) is 0. The van der Waals surface area contributed by atoms with Crippen LogP contribution < -0.4 is 0 Å². The summed E-state index contributed by atoms with van der Waals surface area (Å²) >= 11 is 3.48. The van der Waals surface area contributed by atoms with Crippen LogP contribution in [0.4, 0.5) is 13.2 Å². The highest BCUT2D eigenvalue weighted by atomic mass is 79.9. The molecule has 6 heteroatoms. The van der Waals surface area contributed by atoms with E-state index in [0.717, 1.165) is 15.2 Å². The molecule has 3 aromatic rings. The number of rotatable bonds is 2. The van der Waals surface area contributed by atoms with Crippen LogP contribution in [0.1, 0.15) is 17.5 Å². The van der Waals surface area contributed by atoms with Gasteiger partial charge in [-0.2, -0.15) is 13.2 Å². The molecule has 2 nitrogen and oxygen atoms in total. The van der Waals surface area contributed by atoms with Gasteiger partial charge in [-0.05, 0) is 16.8 Å². The molecule has 1 heterocycles. The highest BCUT2D eigenvalue weighted by Crippen LogP contribution is 2.49. The maximum absolute atomic E-state index is 14.0. The molecule has 26 heavy (non-hydrogen) atoms. The van der Waals surface area contributed by atoms with Gasteiger partial charge in [0.2, 0.25) is 0 Å². The molecule has 0 aromatic heterocycles. The lowest BCUT2D eigenvalue weighted by atomic mass is 9.86. The Kier molecular flexibility index (Phi) is 4.03. The monoisotopic (exact) mass is 419 g/mol. The molecule has 0 saturated heterocycles. The van der Waals surface area contributed by atoms with Gasteiger partial charge in [0.1, 0.15) is 0 Å². The van der Waals surface area contributed by atoms with E-state index in [4.69, 9.17) is 4.84 Å². The zero-order chi connectivity index (χ0) is 18.4. The van der Waals surface area contributed by atoms with E-state index >= 15 is 0 Å². The number of alkyl halides is 3. The van der Waals surface area contributed by atoms with E-state index in [2.05, 4.69) is 21.1 Å². The van der Waals surface area contributed by atoms with E-state index in [1.165, 1.54) is 12.1 Å². The number of oxime groups is 1. The van der Waals surface area contributed by atoms with Crippen LogP contribution in [-0.2, 0) is 10.4 Å². The van der Waals surface area contributed by atoms with Gasteiger partial charge in [0, 0.05) is 22.0 Å². The topological polar surface area (TPSA) is 21.6 Å². The number of halogens is 4. The molecule has 1 atom stereocenters. The molecule has 0 amide bonds. The highest BCUT2D eigenvalue weighted by molar-refractivity contribution is 9.10. The number of nitrogens with zero attached hydrogens (tertiary/aromatic N) is 1. The van der Waals surface area contributed by atoms with Crippen LogP contribution in [0.2, 0.25) is 0 Å². The van der Waals surface area contributed by atoms with Crippen LogP contribution in [-0.4, -0.2) is 11.9 Å².